The number of anilines is 2. The van der Waals surface area contributed by atoms with Gasteiger partial charge in [-0.1, -0.05) is 37.8 Å². The number of benzene rings is 2. The Hall–Kier alpha value is -2.38. The first-order valence-corrected chi connectivity index (χ1v) is 13.7. The van der Waals surface area contributed by atoms with E-state index in [4.69, 9.17) is 0 Å². The van der Waals surface area contributed by atoms with Crippen LogP contribution in [0.1, 0.15) is 67.3 Å². The molecule has 2 aliphatic rings. The van der Waals surface area contributed by atoms with Gasteiger partial charge in [-0.3, -0.25) is 4.79 Å². The summed E-state index contributed by atoms with van der Waals surface area (Å²) in [5.41, 5.74) is 2.85. The Morgan fingerprint density at radius 2 is 1.45 bits per heavy atom. The Kier molecular flexibility index (Phi) is 7.71. The third-order valence-electron chi connectivity index (χ3n) is 6.63. The minimum atomic E-state index is -3.70. The summed E-state index contributed by atoms with van der Waals surface area (Å²) in [4.78, 5) is 15.5. The van der Waals surface area contributed by atoms with Gasteiger partial charge >= 0.3 is 0 Å². The Morgan fingerprint density at radius 1 is 0.818 bits per heavy atom. The second-order valence-corrected chi connectivity index (χ2v) is 11.1. The number of carbonyl (C=O) groups is 1. The number of hydrogen-bond acceptors (Lipinski definition) is 4. The van der Waals surface area contributed by atoms with Gasteiger partial charge in [-0.05, 0) is 68.5 Å². The van der Waals surface area contributed by atoms with E-state index in [2.05, 4.69) is 10.2 Å². The SMILES string of the molecule is Cc1cccc(NC(=O)c2ccc(N3CCCCCC3)c(S(=O)(=O)N3CCCCCC3)c2)c1. The highest BCUT2D eigenvalue weighted by atomic mass is 32.2. The molecule has 7 heteroatoms. The molecule has 0 radical (unpaired) electrons. The third kappa shape index (κ3) is 5.76. The molecule has 2 aliphatic heterocycles. The lowest BCUT2D eigenvalue weighted by atomic mass is 10.1. The predicted octanol–water partition coefficient (Wildman–Crippen LogP) is 5.19. The van der Waals surface area contributed by atoms with Crippen LogP contribution in [0.15, 0.2) is 47.4 Å². The standard InChI is InChI=1S/C26H35N3O3S/c1-21-11-10-12-23(19-21)27-26(30)22-13-14-24(28-15-6-2-3-7-16-28)25(20-22)33(31,32)29-17-8-4-5-9-18-29/h10-14,19-20H,2-9,15-18H2,1H3,(H,27,30). The zero-order chi connectivity index (χ0) is 23.3. The fraction of sp³-hybridized carbons (Fsp3) is 0.500. The van der Waals surface area contributed by atoms with Gasteiger partial charge < -0.3 is 10.2 Å². The van der Waals surface area contributed by atoms with Crippen LogP contribution in [-0.4, -0.2) is 44.8 Å². The summed E-state index contributed by atoms with van der Waals surface area (Å²) >= 11 is 0. The minimum Gasteiger partial charge on any atom is -0.370 e. The first-order valence-electron chi connectivity index (χ1n) is 12.2. The number of nitrogens with zero attached hydrogens (tertiary/aromatic N) is 2. The maximum Gasteiger partial charge on any atom is 0.255 e. The topological polar surface area (TPSA) is 69.7 Å². The Morgan fingerprint density at radius 3 is 2.09 bits per heavy atom. The van der Waals surface area contributed by atoms with Gasteiger partial charge in [0.1, 0.15) is 4.90 Å². The summed E-state index contributed by atoms with van der Waals surface area (Å²) in [7, 11) is -3.70. The van der Waals surface area contributed by atoms with E-state index in [-0.39, 0.29) is 10.8 Å². The molecule has 33 heavy (non-hydrogen) atoms. The largest absolute Gasteiger partial charge is 0.370 e. The van der Waals surface area contributed by atoms with Crippen molar-refractivity contribution in [1.29, 1.82) is 0 Å². The van der Waals surface area contributed by atoms with Crippen LogP contribution in [0.5, 0.6) is 0 Å². The van der Waals surface area contributed by atoms with Crippen molar-refractivity contribution in [2.45, 2.75) is 63.2 Å². The fourth-order valence-corrected chi connectivity index (χ4v) is 6.54. The molecule has 0 aliphatic carbocycles. The highest BCUT2D eigenvalue weighted by molar-refractivity contribution is 7.89. The molecule has 2 saturated heterocycles. The minimum absolute atomic E-state index is 0.267. The highest BCUT2D eigenvalue weighted by Crippen LogP contribution is 2.32. The van der Waals surface area contributed by atoms with Crippen molar-refractivity contribution in [3.63, 3.8) is 0 Å². The Balaban J connectivity index is 1.70. The average Bonchev–Trinajstić information content (AvgIpc) is 3.25. The van der Waals surface area contributed by atoms with Crippen LogP contribution < -0.4 is 10.2 Å². The van der Waals surface area contributed by atoms with Crippen LogP contribution in [0.2, 0.25) is 0 Å². The van der Waals surface area contributed by atoms with Crippen molar-refractivity contribution in [2.75, 3.05) is 36.4 Å². The summed E-state index contributed by atoms with van der Waals surface area (Å²) in [6, 6.07) is 12.8. The zero-order valence-corrected chi connectivity index (χ0v) is 20.4. The highest BCUT2D eigenvalue weighted by Gasteiger charge is 2.30. The molecule has 0 unspecified atom stereocenters. The summed E-state index contributed by atoms with van der Waals surface area (Å²) in [5, 5.41) is 2.92. The van der Waals surface area contributed by atoms with Gasteiger partial charge in [0.2, 0.25) is 10.0 Å². The number of aryl methyl sites for hydroxylation is 1. The summed E-state index contributed by atoms with van der Waals surface area (Å²) in [5.74, 6) is -0.296. The second kappa shape index (κ2) is 10.7. The van der Waals surface area contributed by atoms with E-state index >= 15 is 0 Å². The number of rotatable bonds is 5. The summed E-state index contributed by atoms with van der Waals surface area (Å²) in [6.07, 6.45) is 8.33. The first-order chi connectivity index (χ1) is 15.9. The molecule has 0 bridgehead atoms. The van der Waals surface area contributed by atoms with E-state index in [0.717, 1.165) is 62.9 Å². The normalized spacial score (nSPS) is 18.4. The van der Waals surface area contributed by atoms with Crippen LogP contribution in [0.4, 0.5) is 11.4 Å². The first kappa shape index (κ1) is 23.8. The van der Waals surface area contributed by atoms with Crippen LogP contribution >= 0.6 is 0 Å². The van der Waals surface area contributed by atoms with Gasteiger partial charge in [0, 0.05) is 37.4 Å². The molecule has 178 valence electrons. The molecule has 2 fully saturated rings. The number of sulfonamides is 1. The molecule has 2 aromatic rings. The van der Waals surface area contributed by atoms with Gasteiger partial charge in [0.25, 0.3) is 5.91 Å². The van der Waals surface area contributed by atoms with Gasteiger partial charge in [0.05, 0.1) is 5.69 Å². The van der Waals surface area contributed by atoms with Crippen LogP contribution in [0, 0.1) is 6.92 Å². The molecule has 0 saturated carbocycles. The van der Waals surface area contributed by atoms with Crippen LogP contribution in [-0.2, 0) is 10.0 Å². The average molecular weight is 470 g/mol. The van der Waals surface area contributed by atoms with E-state index in [1.165, 1.54) is 12.8 Å². The van der Waals surface area contributed by atoms with E-state index in [1.807, 2.05) is 37.3 Å². The Labute approximate surface area is 198 Å². The van der Waals surface area contributed by atoms with Gasteiger partial charge in [0.15, 0.2) is 0 Å². The maximum atomic E-state index is 13.8. The van der Waals surface area contributed by atoms with E-state index in [1.54, 1.807) is 16.4 Å². The lowest BCUT2D eigenvalue weighted by molar-refractivity contribution is 0.102. The quantitative estimate of drug-likeness (QED) is 0.654. The molecular weight excluding hydrogens is 434 g/mol. The van der Waals surface area contributed by atoms with Crippen LogP contribution in [0.25, 0.3) is 0 Å². The van der Waals surface area contributed by atoms with Gasteiger partial charge in [-0.25, -0.2) is 8.42 Å². The van der Waals surface area contributed by atoms with Crippen molar-refractivity contribution in [3.8, 4) is 0 Å². The molecule has 1 amide bonds. The molecule has 2 heterocycles. The Bertz CT molecular complexity index is 1070. The monoisotopic (exact) mass is 469 g/mol. The fourth-order valence-electron chi connectivity index (χ4n) is 4.78. The zero-order valence-electron chi connectivity index (χ0n) is 19.6. The number of carbonyl (C=O) groups excluding carboxylic acids is 1. The molecule has 6 nitrogen and oxygen atoms in total. The lowest BCUT2D eigenvalue weighted by Crippen LogP contribution is -2.34. The number of hydrogen-bond donors (Lipinski definition) is 1. The molecule has 0 aromatic heterocycles. The van der Waals surface area contributed by atoms with Crippen molar-refractivity contribution in [2.24, 2.45) is 0 Å². The molecule has 2 aromatic carbocycles. The molecular formula is C26H35N3O3S. The predicted molar refractivity (Wildman–Crippen MR) is 133 cm³/mol. The van der Waals surface area contributed by atoms with Crippen molar-refractivity contribution in [1.82, 2.24) is 4.31 Å². The van der Waals surface area contributed by atoms with Crippen molar-refractivity contribution in [3.05, 3.63) is 53.6 Å². The van der Waals surface area contributed by atoms with Gasteiger partial charge in [-0.15, -0.1) is 0 Å². The molecule has 0 atom stereocenters. The molecule has 1 N–H and O–H groups in total. The number of nitrogens with one attached hydrogen (secondary N) is 1. The number of amides is 1. The van der Waals surface area contributed by atoms with Crippen molar-refractivity contribution >= 4 is 27.3 Å². The van der Waals surface area contributed by atoms with E-state index in [0.29, 0.717) is 24.3 Å². The summed E-state index contributed by atoms with van der Waals surface area (Å²) in [6.45, 7) is 4.75. The smallest absolute Gasteiger partial charge is 0.255 e. The summed E-state index contributed by atoms with van der Waals surface area (Å²) < 4.78 is 29.3. The lowest BCUT2D eigenvalue weighted by Gasteiger charge is -2.28. The van der Waals surface area contributed by atoms with Crippen LogP contribution in [0.3, 0.4) is 0 Å². The van der Waals surface area contributed by atoms with E-state index < -0.39 is 10.0 Å². The van der Waals surface area contributed by atoms with E-state index in [9.17, 15) is 13.2 Å². The third-order valence-corrected chi connectivity index (χ3v) is 8.56. The molecule has 4 rings (SSSR count). The maximum absolute atomic E-state index is 13.8. The van der Waals surface area contributed by atoms with Crippen molar-refractivity contribution < 1.29 is 13.2 Å². The molecule has 0 spiro atoms. The second-order valence-electron chi connectivity index (χ2n) is 9.23. The van der Waals surface area contributed by atoms with Gasteiger partial charge in [-0.2, -0.15) is 4.31 Å².